The summed E-state index contributed by atoms with van der Waals surface area (Å²) in [6.07, 6.45) is 15.3. The Hall–Kier alpha value is -0.600. The Morgan fingerprint density at radius 2 is 1.29 bits per heavy atom. The highest BCUT2D eigenvalue weighted by Crippen LogP contribution is 2.31. The maximum Gasteiger partial charge on any atom is 0.0705 e. The van der Waals surface area contributed by atoms with Gasteiger partial charge in [-0.2, -0.15) is 0 Å². The van der Waals surface area contributed by atoms with Crippen molar-refractivity contribution >= 4 is 27.3 Å². The molecule has 0 atom stereocenters. The fraction of sp³-hybridized carbons (Fsp3) is 0.545. The summed E-state index contributed by atoms with van der Waals surface area (Å²) in [6, 6.07) is 13.4. The highest BCUT2D eigenvalue weighted by molar-refractivity contribution is 9.11. The summed E-state index contributed by atoms with van der Waals surface area (Å²) in [6.45, 7) is 2.29. The van der Waals surface area contributed by atoms with Gasteiger partial charge in [0.1, 0.15) is 0 Å². The van der Waals surface area contributed by atoms with Gasteiger partial charge in [-0.3, -0.25) is 0 Å². The van der Waals surface area contributed by atoms with Crippen molar-refractivity contribution in [1.29, 1.82) is 0 Å². The molecule has 0 bridgehead atoms. The van der Waals surface area contributed by atoms with Gasteiger partial charge in [-0.25, -0.2) is 0 Å². The third-order valence-corrected chi connectivity index (χ3v) is 6.30. The summed E-state index contributed by atoms with van der Waals surface area (Å²) in [5.41, 5.74) is 2.81. The Bertz CT molecular complexity index is 556. The number of aryl methyl sites for hydroxylation is 1. The number of benzene rings is 1. The fourth-order valence-corrected chi connectivity index (χ4v) is 4.51. The minimum absolute atomic E-state index is 1.20. The highest BCUT2D eigenvalue weighted by atomic mass is 79.9. The number of hydrogen-bond acceptors (Lipinski definition) is 1. The predicted octanol–water partition coefficient (Wildman–Crippen LogP) is 8.64. The van der Waals surface area contributed by atoms with E-state index < -0.39 is 0 Å². The molecule has 0 saturated heterocycles. The van der Waals surface area contributed by atoms with Crippen LogP contribution < -0.4 is 0 Å². The van der Waals surface area contributed by atoms with Crippen molar-refractivity contribution in [2.45, 2.75) is 77.6 Å². The van der Waals surface area contributed by atoms with Crippen LogP contribution in [-0.4, -0.2) is 0 Å². The lowest BCUT2D eigenvalue weighted by atomic mass is 10.0. The van der Waals surface area contributed by atoms with Gasteiger partial charge in [-0.05, 0) is 52.0 Å². The molecule has 0 unspecified atom stereocenters. The number of thiophene rings is 1. The second-order valence-electron chi connectivity index (χ2n) is 6.73. The minimum Gasteiger partial charge on any atom is -0.128 e. The molecular formula is C22H31BrS. The average Bonchev–Trinajstić information content (AvgIpc) is 3.03. The first-order chi connectivity index (χ1) is 11.8. The minimum atomic E-state index is 1.20. The largest absolute Gasteiger partial charge is 0.128 e. The van der Waals surface area contributed by atoms with Crippen molar-refractivity contribution in [1.82, 2.24) is 0 Å². The van der Waals surface area contributed by atoms with Gasteiger partial charge in [0.25, 0.3) is 0 Å². The van der Waals surface area contributed by atoms with Crippen LogP contribution in [0.3, 0.4) is 0 Å². The van der Waals surface area contributed by atoms with E-state index >= 15 is 0 Å². The molecular weight excluding hydrogens is 376 g/mol. The Morgan fingerprint density at radius 3 is 1.83 bits per heavy atom. The number of hydrogen-bond donors (Lipinski definition) is 0. The lowest BCUT2D eigenvalue weighted by Gasteiger charge is -2.04. The van der Waals surface area contributed by atoms with Crippen LogP contribution in [0.1, 0.15) is 76.7 Å². The predicted molar refractivity (Wildman–Crippen MR) is 113 cm³/mol. The summed E-state index contributed by atoms with van der Waals surface area (Å²) in [5.74, 6) is 0. The van der Waals surface area contributed by atoms with Gasteiger partial charge in [0.05, 0.1) is 3.79 Å². The summed E-state index contributed by atoms with van der Waals surface area (Å²) >= 11 is 5.34. The molecule has 0 aliphatic carbocycles. The van der Waals surface area contributed by atoms with Crippen LogP contribution in [0.25, 0.3) is 10.4 Å². The maximum atomic E-state index is 3.54. The summed E-state index contributed by atoms with van der Waals surface area (Å²) < 4.78 is 1.20. The van der Waals surface area contributed by atoms with E-state index in [-0.39, 0.29) is 0 Å². The molecule has 2 heteroatoms. The second-order valence-corrected chi connectivity index (χ2v) is 9.20. The van der Waals surface area contributed by atoms with E-state index in [1.54, 1.807) is 11.3 Å². The van der Waals surface area contributed by atoms with Crippen molar-refractivity contribution in [3.63, 3.8) is 0 Å². The highest BCUT2D eigenvalue weighted by Gasteiger charge is 2.01. The Morgan fingerprint density at radius 1 is 0.708 bits per heavy atom. The molecule has 0 spiro atoms. The Labute approximate surface area is 160 Å². The SMILES string of the molecule is CCCCCCCCCCCCc1ccc(-c2ccc(Br)s2)cc1. The molecule has 24 heavy (non-hydrogen) atoms. The molecule has 0 aliphatic rings. The normalized spacial score (nSPS) is 11.1. The summed E-state index contributed by atoms with van der Waals surface area (Å²) in [7, 11) is 0. The monoisotopic (exact) mass is 406 g/mol. The molecule has 0 radical (unpaired) electrons. The molecule has 2 rings (SSSR count). The molecule has 0 saturated carbocycles. The van der Waals surface area contributed by atoms with E-state index in [0.717, 1.165) is 0 Å². The van der Waals surface area contributed by atoms with Crippen LogP contribution >= 0.6 is 27.3 Å². The fourth-order valence-electron chi connectivity index (χ4n) is 3.12. The van der Waals surface area contributed by atoms with E-state index in [1.165, 1.54) is 90.4 Å². The number of unbranched alkanes of at least 4 members (excludes halogenated alkanes) is 9. The van der Waals surface area contributed by atoms with Gasteiger partial charge in [0.2, 0.25) is 0 Å². The van der Waals surface area contributed by atoms with E-state index in [2.05, 4.69) is 59.3 Å². The van der Waals surface area contributed by atoms with Crippen LogP contribution in [-0.2, 0) is 6.42 Å². The lowest BCUT2D eigenvalue weighted by Crippen LogP contribution is -1.87. The van der Waals surface area contributed by atoms with Crippen LogP contribution in [0.2, 0.25) is 0 Å². The molecule has 2 aromatic rings. The first-order valence-electron chi connectivity index (χ1n) is 9.64. The van der Waals surface area contributed by atoms with Gasteiger partial charge in [0, 0.05) is 4.88 Å². The van der Waals surface area contributed by atoms with Crippen molar-refractivity contribution in [3.8, 4) is 10.4 Å². The Kier molecular flexibility index (Phi) is 9.75. The molecule has 0 N–H and O–H groups in total. The van der Waals surface area contributed by atoms with Crippen LogP contribution in [0.5, 0.6) is 0 Å². The van der Waals surface area contributed by atoms with Gasteiger partial charge in [-0.1, -0.05) is 89.0 Å². The lowest BCUT2D eigenvalue weighted by molar-refractivity contribution is 0.556. The van der Waals surface area contributed by atoms with Gasteiger partial charge in [0.15, 0.2) is 0 Å². The molecule has 0 nitrogen and oxygen atoms in total. The Balaban J connectivity index is 1.55. The molecule has 0 amide bonds. The van der Waals surface area contributed by atoms with Crippen LogP contribution in [0.4, 0.5) is 0 Å². The topological polar surface area (TPSA) is 0 Å². The van der Waals surface area contributed by atoms with E-state index in [4.69, 9.17) is 0 Å². The molecule has 1 aromatic carbocycles. The van der Waals surface area contributed by atoms with Gasteiger partial charge in [-0.15, -0.1) is 11.3 Å². The number of rotatable bonds is 12. The molecule has 1 heterocycles. The summed E-state index contributed by atoms with van der Waals surface area (Å²) in [4.78, 5) is 1.34. The van der Waals surface area contributed by atoms with Crippen LogP contribution in [0.15, 0.2) is 40.2 Å². The van der Waals surface area contributed by atoms with Crippen molar-refractivity contribution in [3.05, 3.63) is 45.7 Å². The van der Waals surface area contributed by atoms with E-state index in [1.807, 2.05) is 0 Å². The molecule has 1 aromatic heterocycles. The average molecular weight is 407 g/mol. The molecule has 0 fully saturated rings. The van der Waals surface area contributed by atoms with Crippen LogP contribution in [0, 0.1) is 0 Å². The van der Waals surface area contributed by atoms with E-state index in [9.17, 15) is 0 Å². The third kappa shape index (κ3) is 7.53. The molecule has 0 aliphatic heterocycles. The zero-order valence-electron chi connectivity index (χ0n) is 15.0. The first-order valence-corrected chi connectivity index (χ1v) is 11.2. The smallest absolute Gasteiger partial charge is 0.0705 e. The van der Waals surface area contributed by atoms with E-state index in [0.29, 0.717) is 0 Å². The standard InChI is InChI=1S/C22H31BrS/c1-2-3-4-5-6-7-8-9-10-11-12-19-13-15-20(16-14-19)21-17-18-22(23)24-21/h13-18H,2-12H2,1H3. The zero-order valence-corrected chi connectivity index (χ0v) is 17.4. The molecule has 132 valence electrons. The summed E-state index contributed by atoms with van der Waals surface area (Å²) in [5, 5.41) is 0. The van der Waals surface area contributed by atoms with Crippen molar-refractivity contribution < 1.29 is 0 Å². The quantitative estimate of drug-likeness (QED) is 0.309. The van der Waals surface area contributed by atoms with Crippen molar-refractivity contribution in [2.24, 2.45) is 0 Å². The van der Waals surface area contributed by atoms with Gasteiger partial charge >= 0.3 is 0 Å². The third-order valence-electron chi connectivity index (χ3n) is 4.63. The second kappa shape index (κ2) is 11.9. The van der Waals surface area contributed by atoms with Gasteiger partial charge < -0.3 is 0 Å². The van der Waals surface area contributed by atoms with Crippen molar-refractivity contribution in [2.75, 3.05) is 0 Å². The number of halogens is 1. The first kappa shape index (κ1) is 19.7. The zero-order chi connectivity index (χ0) is 17.0. The maximum absolute atomic E-state index is 3.54.